The zero-order valence-corrected chi connectivity index (χ0v) is 15.7. The van der Waals surface area contributed by atoms with Gasteiger partial charge in [0, 0.05) is 23.1 Å². The number of carbonyl (C=O) groups excluding carboxylic acids is 2. The lowest BCUT2D eigenvalue weighted by molar-refractivity contribution is -0.154. The third kappa shape index (κ3) is 4.09. The summed E-state index contributed by atoms with van der Waals surface area (Å²) in [7, 11) is 0. The van der Waals surface area contributed by atoms with Gasteiger partial charge in [0.15, 0.2) is 6.10 Å². The fourth-order valence-corrected chi connectivity index (χ4v) is 3.81. The van der Waals surface area contributed by atoms with Crippen LogP contribution in [0.1, 0.15) is 45.6 Å². The minimum absolute atomic E-state index is 0.151. The van der Waals surface area contributed by atoms with Gasteiger partial charge in [0.05, 0.1) is 6.42 Å². The predicted octanol–water partition coefficient (Wildman–Crippen LogP) is 3.58. The van der Waals surface area contributed by atoms with Crippen LogP contribution >= 0.6 is 0 Å². The van der Waals surface area contributed by atoms with Crippen molar-refractivity contribution in [2.24, 2.45) is 11.8 Å². The number of rotatable bonds is 5. The molecule has 0 aliphatic heterocycles. The average Bonchev–Trinajstić information content (AvgIpc) is 3.02. The Bertz CT molecular complexity index is 782. The summed E-state index contributed by atoms with van der Waals surface area (Å²) in [5.74, 6) is 0.460. The number of esters is 1. The highest BCUT2D eigenvalue weighted by Gasteiger charge is 2.30. The van der Waals surface area contributed by atoms with Gasteiger partial charge in [-0.3, -0.25) is 9.59 Å². The number of carbonyl (C=O) groups is 2. The predicted molar refractivity (Wildman–Crippen MR) is 102 cm³/mol. The Hall–Kier alpha value is -2.30. The monoisotopic (exact) mass is 356 g/mol. The molecule has 2 N–H and O–H groups in total. The number of ether oxygens (including phenoxy) is 1. The second-order valence-corrected chi connectivity index (χ2v) is 7.55. The molecule has 5 nitrogen and oxygen atoms in total. The summed E-state index contributed by atoms with van der Waals surface area (Å²) in [6.07, 6.45) is 4.53. The summed E-state index contributed by atoms with van der Waals surface area (Å²) >= 11 is 0. The van der Waals surface area contributed by atoms with Crippen molar-refractivity contribution in [3.63, 3.8) is 0 Å². The van der Waals surface area contributed by atoms with Crippen LogP contribution in [0.5, 0.6) is 0 Å². The fraction of sp³-hybridized carbons (Fsp3) is 0.524. The van der Waals surface area contributed by atoms with Crippen LogP contribution in [0.25, 0.3) is 10.9 Å². The first-order valence-electron chi connectivity index (χ1n) is 9.50. The molecule has 1 aromatic carbocycles. The number of H-pyrrole nitrogens is 1. The van der Waals surface area contributed by atoms with Crippen LogP contribution in [-0.2, 0) is 20.7 Å². The quantitative estimate of drug-likeness (QED) is 0.805. The first kappa shape index (κ1) is 18.5. The Morgan fingerprint density at radius 3 is 2.85 bits per heavy atom. The van der Waals surface area contributed by atoms with Crippen LogP contribution in [0, 0.1) is 11.8 Å². The van der Waals surface area contributed by atoms with Crippen molar-refractivity contribution in [3.05, 3.63) is 36.0 Å². The molecule has 1 heterocycles. The Kier molecular flexibility index (Phi) is 5.64. The molecule has 1 aromatic heterocycles. The molecule has 5 heteroatoms. The molecule has 1 aliphatic carbocycles. The van der Waals surface area contributed by atoms with Crippen LogP contribution in [0.4, 0.5) is 0 Å². The molecule has 0 radical (unpaired) electrons. The minimum Gasteiger partial charge on any atom is -0.452 e. The molecule has 1 saturated carbocycles. The van der Waals surface area contributed by atoms with E-state index in [1.54, 1.807) is 6.92 Å². The van der Waals surface area contributed by atoms with E-state index in [9.17, 15) is 9.59 Å². The molecule has 1 amide bonds. The lowest BCUT2D eigenvalue weighted by Crippen LogP contribution is -2.47. The Labute approximate surface area is 154 Å². The van der Waals surface area contributed by atoms with Crippen molar-refractivity contribution < 1.29 is 14.3 Å². The van der Waals surface area contributed by atoms with E-state index in [1.165, 1.54) is 6.42 Å². The summed E-state index contributed by atoms with van der Waals surface area (Å²) in [6, 6.07) is 7.98. The molecular weight excluding hydrogens is 328 g/mol. The lowest BCUT2D eigenvalue weighted by Gasteiger charge is -2.35. The number of aromatic amines is 1. The van der Waals surface area contributed by atoms with Gasteiger partial charge in [-0.25, -0.2) is 0 Å². The smallest absolute Gasteiger partial charge is 0.311 e. The Balaban J connectivity index is 1.54. The van der Waals surface area contributed by atoms with Crippen molar-refractivity contribution in [2.75, 3.05) is 0 Å². The van der Waals surface area contributed by atoms with Gasteiger partial charge in [-0.15, -0.1) is 0 Å². The number of para-hydroxylation sites is 1. The third-order valence-corrected chi connectivity index (χ3v) is 5.72. The van der Waals surface area contributed by atoms with Gasteiger partial charge in [0.1, 0.15) is 0 Å². The van der Waals surface area contributed by atoms with Gasteiger partial charge in [0.25, 0.3) is 5.91 Å². The number of hydrogen-bond donors (Lipinski definition) is 2. The first-order valence-corrected chi connectivity index (χ1v) is 9.50. The van der Waals surface area contributed by atoms with Crippen molar-refractivity contribution in [1.29, 1.82) is 0 Å². The molecule has 3 rings (SSSR count). The lowest BCUT2D eigenvalue weighted by atomic mass is 9.78. The van der Waals surface area contributed by atoms with Crippen molar-refractivity contribution in [2.45, 2.75) is 58.6 Å². The molecule has 0 bridgehead atoms. The van der Waals surface area contributed by atoms with Gasteiger partial charge >= 0.3 is 5.97 Å². The van der Waals surface area contributed by atoms with E-state index in [2.05, 4.69) is 24.1 Å². The summed E-state index contributed by atoms with van der Waals surface area (Å²) in [4.78, 5) is 27.8. The van der Waals surface area contributed by atoms with E-state index in [0.717, 1.165) is 29.3 Å². The Morgan fingerprint density at radius 1 is 1.27 bits per heavy atom. The highest BCUT2D eigenvalue weighted by Crippen LogP contribution is 2.29. The number of nitrogens with one attached hydrogen (secondary N) is 2. The van der Waals surface area contributed by atoms with Crippen LogP contribution in [0.15, 0.2) is 30.5 Å². The largest absolute Gasteiger partial charge is 0.452 e. The Morgan fingerprint density at radius 2 is 2.04 bits per heavy atom. The summed E-state index contributed by atoms with van der Waals surface area (Å²) in [5, 5.41) is 4.08. The summed E-state index contributed by atoms with van der Waals surface area (Å²) in [5.41, 5.74) is 1.87. The normalized spacial score (nSPS) is 24.2. The first-order chi connectivity index (χ1) is 12.5. The maximum absolute atomic E-state index is 12.4. The number of hydrogen-bond acceptors (Lipinski definition) is 3. The topological polar surface area (TPSA) is 71.2 Å². The molecule has 140 valence electrons. The number of fused-ring (bicyclic) bond motifs is 1. The van der Waals surface area contributed by atoms with Gasteiger partial charge < -0.3 is 15.0 Å². The van der Waals surface area contributed by atoms with Crippen LogP contribution in [-0.4, -0.2) is 29.0 Å². The fourth-order valence-electron chi connectivity index (χ4n) is 3.81. The molecular formula is C21H28N2O3. The molecule has 0 unspecified atom stereocenters. The third-order valence-electron chi connectivity index (χ3n) is 5.72. The number of amides is 1. The van der Waals surface area contributed by atoms with Crippen molar-refractivity contribution in [3.8, 4) is 0 Å². The van der Waals surface area contributed by atoms with E-state index in [0.29, 0.717) is 11.8 Å². The molecule has 0 saturated heterocycles. The standard InChI is InChI=1S/C21H28N2O3/c1-13-7-6-10-18(14(13)2)23-21(25)15(3)26-20(24)11-16-12-22-19-9-5-4-8-17(16)19/h4-5,8-9,12-15,18,22H,6-7,10-11H2,1-3H3,(H,23,25)/t13-,14+,15+,18+/m0/s1. The maximum Gasteiger partial charge on any atom is 0.311 e. The van der Waals surface area contributed by atoms with Crippen LogP contribution in [0.2, 0.25) is 0 Å². The second-order valence-electron chi connectivity index (χ2n) is 7.55. The number of aromatic nitrogens is 1. The molecule has 0 spiro atoms. The van der Waals surface area contributed by atoms with Crippen molar-refractivity contribution >= 4 is 22.8 Å². The van der Waals surface area contributed by atoms with Crippen LogP contribution in [0.3, 0.4) is 0 Å². The van der Waals surface area contributed by atoms with E-state index in [4.69, 9.17) is 4.74 Å². The van der Waals surface area contributed by atoms with Gasteiger partial charge in [0.2, 0.25) is 0 Å². The van der Waals surface area contributed by atoms with E-state index in [1.807, 2.05) is 30.5 Å². The molecule has 4 atom stereocenters. The van der Waals surface area contributed by atoms with Gasteiger partial charge in [-0.1, -0.05) is 44.9 Å². The zero-order chi connectivity index (χ0) is 18.7. The van der Waals surface area contributed by atoms with Gasteiger partial charge in [-0.2, -0.15) is 0 Å². The molecule has 1 aliphatic rings. The second kappa shape index (κ2) is 7.94. The summed E-state index contributed by atoms with van der Waals surface area (Å²) in [6.45, 7) is 6.05. The van der Waals surface area contributed by atoms with E-state index >= 15 is 0 Å². The number of benzene rings is 1. The summed E-state index contributed by atoms with van der Waals surface area (Å²) < 4.78 is 5.37. The highest BCUT2D eigenvalue weighted by atomic mass is 16.5. The maximum atomic E-state index is 12.4. The molecule has 1 fully saturated rings. The SMILES string of the molecule is C[C@@H]1[C@@H](C)CCC[C@H]1NC(=O)[C@@H](C)OC(=O)Cc1c[nH]c2ccccc12. The van der Waals surface area contributed by atoms with E-state index in [-0.39, 0.29) is 24.3 Å². The van der Waals surface area contributed by atoms with Gasteiger partial charge in [-0.05, 0) is 36.8 Å². The molecule has 2 aromatic rings. The van der Waals surface area contributed by atoms with E-state index < -0.39 is 6.10 Å². The van der Waals surface area contributed by atoms with Crippen molar-refractivity contribution in [1.82, 2.24) is 10.3 Å². The highest BCUT2D eigenvalue weighted by molar-refractivity contribution is 5.88. The minimum atomic E-state index is -0.780. The molecule has 26 heavy (non-hydrogen) atoms. The average molecular weight is 356 g/mol. The van der Waals surface area contributed by atoms with Crippen LogP contribution < -0.4 is 5.32 Å². The zero-order valence-electron chi connectivity index (χ0n) is 15.7.